The molecule has 2 rings (SSSR count). The van der Waals surface area contributed by atoms with Crippen molar-refractivity contribution >= 4 is 17.4 Å². The van der Waals surface area contributed by atoms with Gasteiger partial charge in [-0.2, -0.15) is 0 Å². The van der Waals surface area contributed by atoms with Crippen molar-refractivity contribution in [2.45, 2.75) is 13.3 Å². The molecule has 0 bridgehead atoms. The maximum absolute atomic E-state index is 11.8. The summed E-state index contributed by atoms with van der Waals surface area (Å²) in [5.41, 5.74) is 8.30. The predicted octanol–water partition coefficient (Wildman–Crippen LogP) is 2.15. The van der Waals surface area contributed by atoms with Crippen LogP contribution in [0.25, 0.3) is 0 Å². The van der Waals surface area contributed by atoms with Crippen LogP contribution < -0.4 is 11.1 Å². The molecular weight excluding hydrogens is 226 g/mol. The third-order valence-electron chi connectivity index (χ3n) is 2.59. The van der Waals surface area contributed by atoms with E-state index in [2.05, 4.69) is 10.3 Å². The molecule has 0 spiro atoms. The first kappa shape index (κ1) is 12.1. The SMILES string of the molecule is Cc1ccnc(NC(=O)Cc2ccccc2N)c1. The van der Waals surface area contributed by atoms with Crippen molar-refractivity contribution in [1.82, 2.24) is 4.98 Å². The number of aromatic nitrogens is 1. The highest BCUT2D eigenvalue weighted by atomic mass is 16.1. The van der Waals surface area contributed by atoms with Gasteiger partial charge in [0.1, 0.15) is 5.82 Å². The normalized spacial score (nSPS) is 10.1. The summed E-state index contributed by atoms with van der Waals surface area (Å²) < 4.78 is 0. The minimum absolute atomic E-state index is 0.119. The van der Waals surface area contributed by atoms with Crippen molar-refractivity contribution in [3.8, 4) is 0 Å². The number of aryl methyl sites for hydroxylation is 1. The average molecular weight is 241 g/mol. The van der Waals surface area contributed by atoms with Crippen LogP contribution in [0.15, 0.2) is 42.6 Å². The van der Waals surface area contributed by atoms with E-state index in [-0.39, 0.29) is 12.3 Å². The van der Waals surface area contributed by atoms with Crippen molar-refractivity contribution in [1.29, 1.82) is 0 Å². The fraction of sp³-hybridized carbons (Fsp3) is 0.143. The summed E-state index contributed by atoms with van der Waals surface area (Å²) in [5, 5.41) is 2.75. The molecule has 1 aromatic carbocycles. The van der Waals surface area contributed by atoms with E-state index < -0.39 is 0 Å². The smallest absolute Gasteiger partial charge is 0.230 e. The van der Waals surface area contributed by atoms with Gasteiger partial charge in [-0.15, -0.1) is 0 Å². The maximum atomic E-state index is 11.8. The summed E-state index contributed by atoms with van der Waals surface area (Å²) in [6.45, 7) is 1.95. The minimum Gasteiger partial charge on any atom is -0.398 e. The average Bonchev–Trinajstić information content (AvgIpc) is 2.32. The zero-order chi connectivity index (χ0) is 13.0. The lowest BCUT2D eigenvalue weighted by Crippen LogP contribution is -2.16. The minimum atomic E-state index is -0.119. The summed E-state index contributed by atoms with van der Waals surface area (Å²) >= 11 is 0. The number of nitrogens with zero attached hydrogens (tertiary/aromatic N) is 1. The molecule has 1 aromatic heterocycles. The Hall–Kier alpha value is -2.36. The fourth-order valence-corrected chi connectivity index (χ4v) is 1.66. The molecule has 1 heterocycles. The number of carbonyl (C=O) groups excluding carboxylic acids is 1. The van der Waals surface area contributed by atoms with E-state index in [1.807, 2.05) is 37.3 Å². The van der Waals surface area contributed by atoms with Crippen LogP contribution in [0.3, 0.4) is 0 Å². The standard InChI is InChI=1S/C14H15N3O/c1-10-6-7-16-13(8-10)17-14(18)9-11-4-2-3-5-12(11)15/h2-8H,9,15H2,1H3,(H,16,17,18). The number of nitrogens with one attached hydrogen (secondary N) is 1. The highest BCUT2D eigenvalue weighted by Gasteiger charge is 2.06. The van der Waals surface area contributed by atoms with Gasteiger partial charge in [0.05, 0.1) is 6.42 Å². The number of hydrogen-bond donors (Lipinski definition) is 2. The molecule has 0 atom stereocenters. The van der Waals surface area contributed by atoms with Crippen LogP contribution in [0.2, 0.25) is 0 Å². The Kier molecular flexibility index (Phi) is 3.57. The number of rotatable bonds is 3. The molecule has 0 aliphatic carbocycles. The van der Waals surface area contributed by atoms with E-state index in [9.17, 15) is 4.79 Å². The molecule has 92 valence electrons. The number of hydrogen-bond acceptors (Lipinski definition) is 3. The van der Waals surface area contributed by atoms with Crippen LogP contribution in [-0.4, -0.2) is 10.9 Å². The number of pyridine rings is 1. The van der Waals surface area contributed by atoms with E-state index in [1.54, 1.807) is 12.3 Å². The van der Waals surface area contributed by atoms with E-state index >= 15 is 0 Å². The molecule has 3 N–H and O–H groups in total. The van der Waals surface area contributed by atoms with Gasteiger partial charge < -0.3 is 11.1 Å². The van der Waals surface area contributed by atoms with Crippen LogP contribution in [0.4, 0.5) is 11.5 Å². The van der Waals surface area contributed by atoms with Crippen LogP contribution in [0.1, 0.15) is 11.1 Å². The molecule has 0 aliphatic heterocycles. The van der Waals surface area contributed by atoms with Crippen LogP contribution in [-0.2, 0) is 11.2 Å². The Balaban J connectivity index is 2.03. The Morgan fingerprint density at radius 2 is 2.11 bits per heavy atom. The lowest BCUT2D eigenvalue weighted by Gasteiger charge is -2.06. The van der Waals surface area contributed by atoms with Crippen molar-refractivity contribution in [3.63, 3.8) is 0 Å². The Bertz CT molecular complexity index is 566. The number of para-hydroxylation sites is 1. The quantitative estimate of drug-likeness (QED) is 0.809. The van der Waals surface area contributed by atoms with E-state index in [4.69, 9.17) is 5.73 Å². The summed E-state index contributed by atoms with van der Waals surface area (Å²) in [6, 6.07) is 11.0. The maximum Gasteiger partial charge on any atom is 0.230 e. The highest BCUT2D eigenvalue weighted by Crippen LogP contribution is 2.12. The summed E-state index contributed by atoms with van der Waals surface area (Å²) in [6.07, 6.45) is 1.92. The number of carbonyl (C=O) groups is 1. The first-order chi connectivity index (χ1) is 8.65. The lowest BCUT2D eigenvalue weighted by atomic mass is 10.1. The second kappa shape index (κ2) is 5.31. The second-order valence-electron chi connectivity index (χ2n) is 4.14. The molecule has 0 aliphatic rings. The predicted molar refractivity (Wildman–Crippen MR) is 72.2 cm³/mol. The summed E-state index contributed by atoms with van der Waals surface area (Å²) in [7, 11) is 0. The number of nitrogen functional groups attached to an aromatic ring is 1. The number of anilines is 2. The number of nitrogens with two attached hydrogens (primary N) is 1. The van der Waals surface area contributed by atoms with Gasteiger partial charge in [0.15, 0.2) is 0 Å². The van der Waals surface area contributed by atoms with Gasteiger partial charge in [-0.25, -0.2) is 4.98 Å². The van der Waals surface area contributed by atoms with E-state index in [0.717, 1.165) is 11.1 Å². The lowest BCUT2D eigenvalue weighted by molar-refractivity contribution is -0.115. The first-order valence-electron chi connectivity index (χ1n) is 5.71. The number of amides is 1. The first-order valence-corrected chi connectivity index (χ1v) is 5.71. The fourth-order valence-electron chi connectivity index (χ4n) is 1.66. The Labute approximate surface area is 106 Å². The van der Waals surface area contributed by atoms with Gasteiger partial charge >= 0.3 is 0 Å². The third-order valence-corrected chi connectivity index (χ3v) is 2.59. The summed E-state index contributed by atoms with van der Waals surface area (Å²) in [4.78, 5) is 15.9. The Morgan fingerprint density at radius 1 is 1.33 bits per heavy atom. The molecule has 0 fully saturated rings. The van der Waals surface area contributed by atoms with Gasteiger partial charge in [0.25, 0.3) is 0 Å². The van der Waals surface area contributed by atoms with E-state index in [1.165, 1.54) is 0 Å². The molecular formula is C14H15N3O. The molecule has 0 radical (unpaired) electrons. The van der Waals surface area contributed by atoms with Gasteiger partial charge in [-0.1, -0.05) is 18.2 Å². The third kappa shape index (κ3) is 3.07. The second-order valence-corrected chi connectivity index (χ2v) is 4.14. The van der Waals surface area contributed by atoms with Crippen LogP contribution in [0.5, 0.6) is 0 Å². The number of benzene rings is 1. The molecule has 4 heteroatoms. The van der Waals surface area contributed by atoms with Crippen molar-refractivity contribution in [2.75, 3.05) is 11.1 Å². The highest BCUT2D eigenvalue weighted by molar-refractivity contribution is 5.92. The Morgan fingerprint density at radius 3 is 2.83 bits per heavy atom. The van der Waals surface area contributed by atoms with Gasteiger partial charge in [0, 0.05) is 11.9 Å². The topological polar surface area (TPSA) is 68.0 Å². The van der Waals surface area contributed by atoms with Crippen molar-refractivity contribution in [3.05, 3.63) is 53.7 Å². The largest absolute Gasteiger partial charge is 0.398 e. The molecule has 18 heavy (non-hydrogen) atoms. The van der Waals surface area contributed by atoms with Gasteiger partial charge in [-0.05, 0) is 36.2 Å². The molecule has 1 amide bonds. The summed E-state index contributed by atoms with van der Waals surface area (Å²) in [5.74, 6) is 0.445. The molecule has 2 aromatic rings. The monoisotopic (exact) mass is 241 g/mol. The zero-order valence-corrected chi connectivity index (χ0v) is 10.2. The molecule has 0 saturated carbocycles. The van der Waals surface area contributed by atoms with Gasteiger partial charge in [0.2, 0.25) is 5.91 Å². The van der Waals surface area contributed by atoms with Crippen molar-refractivity contribution in [2.24, 2.45) is 0 Å². The zero-order valence-electron chi connectivity index (χ0n) is 10.2. The van der Waals surface area contributed by atoms with E-state index in [0.29, 0.717) is 11.5 Å². The molecule has 0 saturated heterocycles. The molecule has 4 nitrogen and oxygen atoms in total. The van der Waals surface area contributed by atoms with Gasteiger partial charge in [-0.3, -0.25) is 4.79 Å². The molecule has 0 unspecified atom stereocenters. The van der Waals surface area contributed by atoms with Crippen LogP contribution in [0, 0.1) is 6.92 Å². The van der Waals surface area contributed by atoms with Crippen LogP contribution >= 0.6 is 0 Å². The van der Waals surface area contributed by atoms with Crippen molar-refractivity contribution < 1.29 is 4.79 Å².